The minimum absolute atomic E-state index is 0.242. The second kappa shape index (κ2) is 7.03. The van der Waals surface area contributed by atoms with Crippen LogP contribution in [-0.4, -0.2) is 18.9 Å². The smallest absolute Gasteiger partial charge is 0.143 e. The molecule has 1 unspecified atom stereocenters. The van der Waals surface area contributed by atoms with E-state index in [1.807, 2.05) is 6.07 Å². The maximum atomic E-state index is 13.0. The van der Waals surface area contributed by atoms with Gasteiger partial charge in [-0.15, -0.1) is 0 Å². The Labute approximate surface area is 123 Å². The minimum atomic E-state index is -0.242. The molecule has 1 fully saturated rings. The Morgan fingerprint density at radius 2 is 1.90 bits per heavy atom. The van der Waals surface area contributed by atoms with Gasteiger partial charge in [0.15, 0.2) is 0 Å². The molecular weight excluding hydrogens is 246 g/mol. The first-order valence-electron chi connectivity index (χ1n) is 7.98. The van der Waals surface area contributed by atoms with E-state index in [1.54, 1.807) is 0 Å². The summed E-state index contributed by atoms with van der Waals surface area (Å²) in [6.45, 7) is 6.30. The molecule has 20 heavy (non-hydrogen) atoms. The van der Waals surface area contributed by atoms with Gasteiger partial charge in [-0.05, 0) is 37.4 Å². The molecular formula is C18H27NO. The van der Waals surface area contributed by atoms with Gasteiger partial charge in [-0.3, -0.25) is 4.79 Å². The van der Waals surface area contributed by atoms with Crippen LogP contribution >= 0.6 is 0 Å². The number of rotatable bonds is 6. The molecule has 0 radical (unpaired) electrons. The zero-order chi connectivity index (χ0) is 14.4. The van der Waals surface area contributed by atoms with Crippen LogP contribution < -0.4 is 5.32 Å². The first-order chi connectivity index (χ1) is 9.69. The molecule has 1 aliphatic heterocycles. The third-order valence-electron chi connectivity index (χ3n) is 4.63. The summed E-state index contributed by atoms with van der Waals surface area (Å²) in [4.78, 5) is 13.0. The Kier molecular flexibility index (Phi) is 5.36. The van der Waals surface area contributed by atoms with Crippen molar-refractivity contribution in [2.45, 2.75) is 51.4 Å². The number of carbonyl (C=O) groups excluding carboxylic acids is 1. The average Bonchev–Trinajstić information content (AvgIpc) is 2.49. The van der Waals surface area contributed by atoms with E-state index in [4.69, 9.17) is 0 Å². The number of carbonyl (C=O) groups is 1. The summed E-state index contributed by atoms with van der Waals surface area (Å²) in [5.74, 6) is 0.953. The molecule has 0 spiro atoms. The molecule has 110 valence electrons. The number of hydrogen-bond donors (Lipinski definition) is 1. The summed E-state index contributed by atoms with van der Waals surface area (Å²) >= 11 is 0. The van der Waals surface area contributed by atoms with Crippen molar-refractivity contribution in [2.24, 2.45) is 5.92 Å². The molecule has 1 aromatic rings. The van der Waals surface area contributed by atoms with Crippen LogP contribution in [0.3, 0.4) is 0 Å². The highest BCUT2D eigenvalue weighted by Crippen LogP contribution is 2.36. The largest absolute Gasteiger partial charge is 0.317 e. The van der Waals surface area contributed by atoms with E-state index in [2.05, 4.69) is 43.4 Å². The predicted molar refractivity (Wildman–Crippen MR) is 83.9 cm³/mol. The summed E-state index contributed by atoms with van der Waals surface area (Å²) in [5.41, 5.74) is 0.976. The van der Waals surface area contributed by atoms with Crippen molar-refractivity contribution in [3.05, 3.63) is 35.9 Å². The fourth-order valence-corrected chi connectivity index (χ4v) is 3.45. The van der Waals surface area contributed by atoms with Gasteiger partial charge in [0.25, 0.3) is 0 Å². The van der Waals surface area contributed by atoms with Gasteiger partial charge in [-0.25, -0.2) is 0 Å². The lowest BCUT2D eigenvalue weighted by atomic mass is 9.68. The molecule has 1 heterocycles. The number of piperidine rings is 1. The lowest BCUT2D eigenvalue weighted by molar-refractivity contribution is -0.126. The van der Waals surface area contributed by atoms with Crippen molar-refractivity contribution in [2.75, 3.05) is 13.1 Å². The predicted octanol–water partition coefficient (Wildman–Crippen LogP) is 3.70. The van der Waals surface area contributed by atoms with Crippen LogP contribution in [0.5, 0.6) is 0 Å². The molecule has 1 atom stereocenters. The van der Waals surface area contributed by atoms with E-state index >= 15 is 0 Å². The van der Waals surface area contributed by atoms with Crippen molar-refractivity contribution in [3.63, 3.8) is 0 Å². The van der Waals surface area contributed by atoms with Gasteiger partial charge in [-0.2, -0.15) is 0 Å². The van der Waals surface area contributed by atoms with Gasteiger partial charge in [0.1, 0.15) is 5.78 Å². The number of nitrogens with one attached hydrogen (secondary N) is 1. The zero-order valence-electron chi connectivity index (χ0n) is 12.8. The molecule has 0 aliphatic carbocycles. The first kappa shape index (κ1) is 15.2. The van der Waals surface area contributed by atoms with Crippen molar-refractivity contribution in [1.82, 2.24) is 5.32 Å². The fraction of sp³-hybridized carbons (Fsp3) is 0.611. The number of Topliss-reactive ketones (excluding diaryl/α,β-unsaturated/α-hetero) is 1. The van der Waals surface area contributed by atoms with Crippen LogP contribution in [0.1, 0.15) is 51.5 Å². The molecule has 0 aromatic heterocycles. The van der Waals surface area contributed by atoms with Crippen molar-refractivity contribution in [3.8, 4) is 0 Å². The maximum absolute atomic E-state index is 13.0. The second-order valence-corrected chi connectivity index (χ2v) is 6.22. The van der Waals surface area contributed by atoms with Crippen LogP contribution in [-0.2, 0) is 10.2 Å². The summed E-state index contributed by atoms with van der Waals surface area (Å²) in [6, 6.07) is 10.4. The molecule has 0 amide bonds. The molecule has 2 nitrogen and oxygen atoms in total. The average molecular weight is 273 g/mol. The summed E-state index contributed by atoms with van der Waals surface area (Å²) in [7, 11) is 0. The molecule has 1 N–H and O–H groups in total. The molecule has 1 aromatic carbocycles. The highest BCUT2D eigenvalue weighted by atomic mass is 16.1. The molecule has 1 saturated heterocycles. The summed E-state index contributed by atoms with van der Waals surface area (Å²) < 4.78 is 0. The Morgan fingerprint density at radius 1 is 1.25 bits per heavy atom. The van der Waals surface area contributed by atoms with Gasteiger partial charge in [0.2, 0.25) is 0 Å². The maximum Gasteiger partial charge on any atom is 0.143 e. The Hall–Kier alpha value is -1.15. The van der Waals surface area contributed by atoms with Crippen LogP contribution in [0.2, 0.25) is 0 Å². The van der Waals surface area contributed by atoms with Crippen molar-refractivity contribution < 1.29 is 4.79 Å². The minimum Gasteiger partial charge on any atom is -0.317 e. The van der Waals surface area contributed by atoms with Gasteiger partial charge in [0.05, 0.1) is 5.41 Å². The fourth-order valence-electron chi connectivity index (χ4n) is 3.45. The second-order valence-electron chi connectivity index (χ2n) is 6.22. The zero-order valence-corrected chi connectivity index (χ0v) is 12.8. The molecule has 2 rings (SSSR count). The molecule has 2 heteroatoms. The van der Waals surface area contributed by atoms with Crippen molar-refractivity contribution in [1.29, 1.82) is 0 Å². The van der Waals surface area contributed by atoms with Crippen LogP contribution in [0.25, 0.3) is 0 Å². The number of ketones is 1. The molecule has 1 aliphatic rings. The standard InChI is InChI=1S/C18H27NO/c1-3-7-15(2)14-17(20)18(10-12-19-13-11-18)16-8-5-4-6-9-16/h4-6,8-9,15,19H,3,7,10-14H2,1-2H3. The normalized spacial score (nSPS) is 19.5. The van der Waals surface area contributed by atoms with E-state index in [9.17, 15) is 4.79 Å². The molecule has 0 saturated carbocycles. The lowest BCUT2D eigenvalue weighted by Crippen LogP contribution is -2.46. The third-order valence-corrected chi connectivity index (χ3v) is 4.63. The topological polar surface area (TPSA) is 29.1 Å². The van der Waals surface area contributed by atoms with E-state index in [-0.39, 0.29) is 5.41 Å². The SMILES string of the molecule is CCCC(C)CC(=O)C1(c2ccccc2)CCNCC1. The lowest BCUT2D eigenvalue weighted by Gasteiger charge is -2.37. The Balaban J connectivity index is 2.21. The number of hydrogen-bond acceptors (Lipinski definition) is 2. The van der Waals surface area contributed by atoms with E-state index in [1.165, 1.54) is 5.56 Å². The van der Waals surface area contributed by atoms with Gasteiger partial charge >= 0.3 is 0 Å². The summed E-state index contributed by atoms with van der Waals surface area (Å²) in [6.07, 6.45) is 4.91. The van der Waals surface area contributed by atoms with E-state index in [0.717, 1.165) is 45.2 Å². The van der Waals surface area contributed by atoms with Crippen molar-refractivity contribution >= 4 is 5.78 Å². The van der Waals surface area contributed by atoms with E-state index in [0.29, 0.717) is 11.7 Å². The highest BCUT2D eigenvalue weighted by molar-refractivity contribution is 5.90. The van der Waals surface area contributed by atoms with E-state index < -0.39 is 0 Å². The summed E-state index contributed by atoms with van der Waals surface area (Å²) in [5, 5.41) is 3.39. The quantitative estimate of drug-likeness (QED) is 0.856. The van der Waals surface area contributed by atoms with Crippen LogP contribution in [0.15, 0.2) is 30.3 Å². The molecule has 0 bridgehead atoms. The highest BCUT2D eigenvalue weighted by Gasteiger charge is 2.40. The Morgan fingerprint density at radius 3 is 2.50 bits per heavy atom. The van der Waals surface area contributed by atoms with Gasteiger partial charge in [0, 0.05) is 6.42 Å². The van der Waals surface area contributed by atoms with Crippen LogP contribution in [0, 0.1) is 5.92 Å². The van der Waals surface area contributed by atoms with Gasteiger partial charge < -0.3 is 5.32 Å². The third kappa shape index (κ3) is 3.29. The van der Waals surface area contributed by atoms with Gasteiger partial charge in [-0.1, -0.05) is 57.0 Å². The Bertz CT molecular complexity index is 420. The number of benzene rings is 1. The van der Waals surface area contributed by atoms with Crippen LogP contribution in [0.4, 0.5) is 0 Å². The monoisotopic (exact) mass is 273 g/mol. The first-order valence-corrected chi connectivity index (χ1v) is 7.98.